The Bertz CT molecular complexity index is 1500. The predicted octanol–water partition coefficient (Wildman–Crippen LogP) is 9.16. The molecule has 2 fully saturated rings. The molecule has 2 aliphatic heterocycles. The van der Waals surface area contributed by atoms with Crippen LogP contribution in [-0.2, 0) is 23.7 Å². The predicted molar refractivity (Wildman–Crippen MR) is 290 cm³/mol. The molecule has 2 aliphatic rings. The molecule has 1 amide bonds. The summed E-state index contributed by atoms with van der Waals surface area (Å²) in [6, 6.07) is -0.941. The van der Waals surface area contributed by atoms with Gasteiger partial charge in [0.15, 0.2) is 12.6 Å². The van der Waals surface area contributed by atoms with Crippen molar-refractivity contribution in [2.75, 3.05) is 19.8 Å². The van der Waals surface area contributed by atoms with Gasteiger partial charge in [-0.05, 0) is 77.0 Å². The van der Waals surface area contributed by atoms with E-state index >= 15 is 0 Å². The van der Waals surface area contributed by atoms with E-state index in [1.807, 2.05) is 6.08 Å². The lowest BCUT2D eigenvalue weighted by atomic mass is 9.97. The van der Waals surface area contributed by atoms with Crippen molar-refractivity contribution < 1.29 is 64.6 Å². The molecule has 0 bridgehead atoms. The average molecular weight is 1030 g/mol. The monoisotopic (exact) mass is 1030 g/mol. The van der Waals surface area contributed by atoms with Gasteiger partial charge in [-0.25, -0.2) is 0 Å². The molecule has 2 rings (SSSR count). The molecule has 2 saturated heterocycles. The number of hydrogen-bond donors (Lipinski definition) is 9. The highest BCUT2D eigenvalue weighted by atomic mass is 16.7. The molecule has 14 nitrogen and oxygen atoms in total. The van der Waals surface area contributed by atoms with Crippen LogP contribution in [0, 0.1) is 0 Å². The van der Waals surface area contributed by atoms with E-state index in [0.29, 0.717) is 12.8 Å². The van der Waals surface area contributed by atoms with E-state index in [4.69, 9.17) is 18.9 Å². The second kappa shape index (κ2) is 44.5. The summed E-state index contributed by atoms with van der Waals surface area (Å²) in [4.78, 5) is 13.2. The molecule has 0 radical (unpaired) electrons. The van der Waals surface area contributed by atoms with Gasteiger partial charge in [-0.15, -0.1) is 0 Å². The molecule has 73 heavy (non-hydrogen) atoms. The first-order valence-electron chi connectivity index (χ1n) is 28.7. The molecule has 0 aromatic heterocycles. The van der Waals surface area contributed by atoms with Gasteiger partial charge in [-0.2, -0.15) is 0 Å². The van der Waals surface area contributed by atoms with Crippen LogP contribution < -0.4 is 5.32 Å². The van der Waals surface area contributed by atoms with Gasteiger partial charge in [0, 0.05) is 6.42 Å². The lowest BCUT2D eigenvalue weighted by molar-refractivity contribution is -0.359. The first-order chi connectivity index (χ1) is 35.6. The Morgan fingerprint density at radius 3 is 1.48 bits per heavy atom. The van der Waals surface area contributed by atoms with Gasteiger partial charge < -0.3 is 65.1 Å². The highest BCUT2D eigenvalue weighted by Gasteiger charge is 2.51. The Morgan fingerprint density at radius 1 is 0.493 bits per heavy atom. The van der Waals surface area contributed by atoms with Crippen LogP contribution in [0.5, 0.6) is 0 Å². The van der Waals surface area contributed by atoms with Gasteiger partial charge in [0.05, 0.1) is 32.0 Å². The standard InChI is InChI=1S/C59H103NO13/c1-3-5-7-9-11-13-15-17-18-19-20-21-22-23-24-25-26-27-28-29-30-31-33-35-37-39-41-43-51(64)60-47(48(63)42-40-38-36-34-32-16-14-12-10-8-6-4-2)46-70-58-56(69)54(67)57(50(45-62)72-58)73-59-55(68)53(66)52(65)49(44-61)71-59/h10,12,15,17,19-20,22-23,32,34,40,42,47-50,52-59,61-63,65-69H,3-9,11,13-14,16,18,21,24-31,33,35-39,41,43-46H2,1-2H3,(H,60,64)/b12-10+,17-15-,20-19-,23-22-,34-32+,42-40+. The summed E-state index contributed by atoms with van der Waals surface area (Å²) in [6.45, 7) is 2.69. The van der Waals surface area contributed by atoms with E-state index in [1.54, 1.807) is 6.08 Å². The number of rotatable bonds is 44. The van der Waals surface area contributed by atoms with E-state index in [9.17, 15) is 45.6 Å². The van der Waals surface area contributed by atoms with E-state index < -0.39 is 86.8 Å². The fourth-order valence-corrected chi connectivity index (χ4v) is 8.90. The van der Waals surface area contributed by atoms with Crippen molar-refractivity contribution in [3.8, 4) is 0 Å². The van der Waals surface area contributed by atoms with Crippen LogP contribution in [0.3, 0.4) is 0 Å². The maximum absolute atomic E-state index is 13.2. The zero-order valence-electron chi connectivity index (χ0n) is 45.1. The molecular weight excluding hydrogens is 931 g/mol. The number of carbonyl (C=O) groups is 1. The SMILES string of the molecule is CCCC/C=C/CC/C=C/CC/C=C/C(O)C(COC1OC(CO)C(OC2OC(CO)C(O)C(O)C2O)C(O)C1O)NC(=O)CCCCCCCCCCCCCC/C=C\C/C=C\C/C=C\CCCCCCC. The van der Waals surface area contributed by atoms with Gasteiger partial charge in [0.1, 0.15) is 48.8 Å². The summed E-state index contributed by atoms with van der Waals surface area (Å²) in [6.07, 6.45) is 41.0. The quantitative estimate of drug-likeness (QED) is 0.0205. The third-order valence-electron chi connectivity index (χ3n) is 13.6. The third-order valence-corrected chi connectivity index (χ3v) is 13.6. The minimum Gasteiger partial charge on any atom is -0.394 e. The lowest BCUT2D eigenvalue weighted by Gasteiger charge is -2.46. The molecule has 9 N–H and O–H groups in total. The summed E-state index contributed by atoms with van der Waals surface area (Å²) >= 11 is 0. The van der Waals surface area contributed by atoms with Crippen molar-refractivity contribution in [1.29, 1.82) is 0 Å². The normalized spacial score (nSPS) is 25.9. The molecule has 0 saturated carbocycles. The maximum atomic E-state index is 13.2. The summed E-state index contributed by atoms with van der Waals surface area (Å²) < 4.78 is 22.7. The van der Waals surface area contributed by atoms with Crippen LogP contribution in [0.25, 0.3) is 0 Å². The Morgan fingerprint density at radius 2 is 0.932 bits per heavy atom. The lowest BCUT2D eigenvalue weighted by Crippen LogP contribution is -2.65. The van der Waals surface area contributed by atoms with Crippen LogP contribution in [0.15, 0.2) is 72.9 Å². The second-order valence-corrected chi connectivity index (χ2v) is 20.0. The van der Waals surface area contributed by atoms with Crippen molar-refractivity contribution in [2.45, 2.75) is 274 Å². The molecule has 14 heteroatoms. The molecule has 2 heterocycles. The third kappa shape index (κ3) is 30.7. The number of nitrogens with one attached hydrogen (secondary N) is 1. The number of allylic oxidation sites excluding steroid dienone is 11. The molecule has 0 aromatic rings. The van der Waals surface area contributed by atoms with Crippen molar-refractivity contribution >= 4 is 5.91 Å². The Labute approximate surface area is 440 Å². The van der Waals surface area contributed by atoms with E-state index in [2.05, 4.69) is 79.9 Å². The maximum Gasteiger partial charge on any atom is 0.220 e. The van der Waals surface area contributed by atoms with Crippen LogP contribution >= 0.6 is 0 Å². The summed E-state index contributed by atoms with van der Waals surface area (Å²) in [7, 11) is 0. The number of carbonyl (C=O) groups excluding carboxylic acids is 1. The largest absolute Gasteiger partial charge is 0.394 e. The minimum absolute atomic E-state index is 0.260. The molecule has 0 aliphatic carbocycles. The fraction of sp³-hybridized carbons (Fsp3) is 0.780. The van der Waals surface area contributed by atoms with E-state index in [-0.39, 0.29) is 18.9 Å². The number of aliphatic hydroxyl groups is 8. The highest BCUT2D eigenvalue weighted by Crippen LogP contribution is 2.30. The molecular formula is C59H103NO13. The van der Waals surface area contributed by atoms with Crippen molar-refractivity contribution in [1.82, 2.24) is 5.32 Å². The number of aliphatic hydroxyl groups excluding tert-OH is 8. The first-order valence-corrected chi connectivity index (χ1v) is 28.7. The van der Waals surface area contributed by atoms with Crippen LogP contribution in [0.1, 0.15) is 200 Å². The summed E-state index contributed by atoms with van der Waals surface area (Å²) in [5, 5.41) is 86.8. The smallest absolute Gasteiger partial charge is 0.220 e. The fourth-order valence-electron chi connectivity index (χ4n) is 8.90. The summed E-state index contributed by atoms with van der Waals surface area (Å²) in [5.41, 5.74) is 0. The molecule has 422 valence electrons. The van der Waals surface area contributed by atoms with Gasteiger partial charge in [-0.3, -0.25) is 4.79 Å². The average Bonchev–Trinajstić information content (AvgIpc) is 3.39. The summed E-state index contributed by atoms with van der Waals surface area (Å²) in [5.74, 6) is -0.260. The molecule has 0 aromatic carbocycles. The number of ether oxygens (including phenoxy) is 4. The molecule has 12 atom stereocenters. The minimum atomic E-state index is -1.79. The van der Waals surface area contributed by atoms with Gasteiger partial charge in [-0.1, -0.05) is 189 Å². The molecule has 12 unspecified atom stereocenters. The van der Waals surface area contributed by atoms with Gasteiger partial charge in [0.2, 0.25) is 5.91 Å². The van der Waals surface area contributed by atoms with E-state index in [0.717, 1.165) is 64.2 Å². The van der Waals surface area contributed by atoms with Crippen LogP contribution in [0.4, 0.5) is 0 Å². The van der Waals surface area contributed by atoms with Gasteiger partial charge in [0.25, 0.3) is 0 Å². The zero-order valence-corrected chi connectivity index (χ0v) is 45.1. The van der Waals surface area contributed by atoms with Crippen LogP contribution in [0.2, 0.25) is 0 Å². The Balaban J connectivity index is 1.73. The zero-order chi connectivity index (χ0) is 53.2. The van der Waals surface area contributed by atoms with Crippen molar-refractivity contribution in [3.63, 3.8) is 0 Å². The number of unbranched alkanes of at least 4 members (excludes halogenated alkanes) is 21. The Hall–Kier alpha value is -2.57. The van der Waals surface area contributed by atoms with Gasteiger partial charge >= 0.3 is 0 Å². The second-order valence-electron chi connectivity index (χ2n) is 20.0. The first kappa shape index (κ1) is 66.5. The highest BCUT2D eigenvalue weighted by molar-refractivity contribution is 5.76. The van der Waals surface area contributed by atoms with E-state index in [1.165, 1.54) is 103 Å². The topological polar surface area (TPSA) is 228 Å². The number of hydrogen-bond acceptors (Lipinski definition) is 13. The molecule has 0 spiro atoms. The van der Waals surface area contributed by atoms with Crippen molar-refractivity contribution in [3.05, 3.63) is 72.9 Å². The Kier molecular flexibility index (Phi) is 40.6. The van der Waals surface area contributed by atoms with Crippen molar-refractivity contribution in [2.24, 2.45) is 0 Å². The number of amides is 1. The van der Waals surface area contributed by atoms with Crippen LogP contribution in [-0.4, -0.2) is 140 Å².